The number of hydrogen-bond donors (Lipinski definition) is 0. The van der Waals surface area contributed by atoms with Gasteiger partial charge in [0, 0.05) is 11.3 Å². The Morgan fingerprint density at radius 2 is 2.06 bits per heavy atom. The van der Waals surface area contributed by atoms with E-state index in [1.807, 2.05) is 6.07 Å². The summed E-state index contributed by atoms with van der Waals surface area (Å²) in [5, 5.41) is 1.34. The maximum Gasteiger partial charge on any atom is 0.140 e. The van der Waals surface area contributed by atoms with Gasteiger partial charge in [0.15, 0.2) is 0 Å². The van der Waals surface area contributed by atoms with Gasteiger partial charge in [-0.1, -0.05) is 12.1 Å². The number of terminal acetylenes is 1. The predicted molar refractivity (Wildman–Crippen MR) is 65.9 cm³/mol. The molecular weight excluding hydrogens is 215 g/mol. The van der Waals surface area contributed by atoms with Crippen LogP contribution in [-0.4, -0.2) is 0 Å². The summed E-state index contributed by atoms with van der Waals surface area (Å²) in [7, 11) is 0. The van der Waals surface area contributed by atoms with Gasteiger partial charge in [-0.15, -0.1) is 6.42 Å². The molecule has 2 heteroatoms. The van der Waals surface area contributed by atoms with Crippen LogP contribution in [0.25, 0.3) is 10.8 Å². The number of hydrogen-bond acceptors (Lipinski definition) is 1. The number of aryl methyl sites for hydroxylation is 1. The SMILES string of the molecule is C#CC#COc1ccc2c(F)c(C)ccc2c1. The lowest BCUT2D eigenvalue weighted by atomic mass is 10.1. The minimum Gasteiger partial charge on any atom is -0.407 e. The van der Waals surface area contributed by atoms with Crippen LogP contribution < -0.4 is 4.74 Å². The van der Waals surface area contributed by atoms with Crippen LogP contribution in [0.5, 0.6) is 5.75 Å². The van der Waals surface area contributed by atoms with E-state index in [1.54, 1.807) is 31.2 Å². The topological polar surface area (TPSA) is 9.23 Å². The van der Waals surface area contributed by atoms with Gasteiger partial charge in [0.05, 0.1) is 0 Å². The van der Waals surface area contributed by atoms with Gasteiger partial charge < -0.3 is 4.74 Å². The van der Waals surface area contributed by atoms with Gasteiger partial charge in [-0.3, -0.25) is 0 Å². The molecule has 0 fully saturated rings. The lowest BCUT2D eigenvalue weighted by Gasteiger charge is -2.04. The zero-order valence-electron chi connectivity index (χ0n) is 9.25. The van der Waals surface area contributed by atoms with Crippen molar-refractivity contribution in [3.05, 3.63) is 41.7 Å². The molecule has 0 heterocycles. The van der Waals surface area contributed by atoms with Crippen LogP contribution in [-0.2, 0) is 0 Å². The monoisotopic (exact) mass is 224 g/mol. The number of ether oxygens (including phenoxy) is 1. The van der Waals surface area contributed by atoms with Gasteiger partial charge in [0.25, 0.3) is 0 Å². The van der Waals surface area contributed by atoms with E-state index in [0.717, 1.165) is 5.39 Å². The summed E-state index contributed by atoms with van der Waals surface area (Å²) in [6, 6.07) is 8.63. The highest BCUT2D eigenvalue weighted by Gasteiger charge is 2.04. The Hall–Kier alpha value is -2.45. The first-order valence-corrected chi connectivity index (χ1v) is 5.03. The zero-order chi connectivity index (χ0) is 12.3. The van der Waals surface area contributed by atoms with Crippen molar-refractivity contribution in [2.24, 2.45) is 0 Å². The Morgan fingerprint density at radius 3 is 2.82 bits per heavy atom. The second-order valence-electron chi connectivity index (χ2n) is 3.55. The first-order valence-electron chi connectivity index (χ1n) is 5.03. The summed E-state index contributed by atoms with van der Waals surface area (Å²) in [5.41, 5.74) is 0.623. The summed E-state index contributed by atoms with van der Waals surface area (Å²) in [6.07, 6.45) is 7.33. The summed E-state index contributed by atoms with van der Waals surface area (Å²) >= 11 is 0. The van der Waals surface area contributed by atoms with E-state index in [1.165, 1.54) is 0 Å². The van der Waals surface area contributed by atoms with Crippen molar-refractivity contribution >= 4 is 10.8 Å². The third-order valence-corrected chi connectivity index (χ3v) is 2.41. The minimum absolute atomic E-state index is 0.205. The molecule has 1 nitrogen and oxygen atoms in total. The molecule has 0 aromatic heterocycles. The Labute approximate surface area is 99.2 Å². The number of halogens is 1. The van der Waals surface area contributed by atoms with Crippen molar-refractivity contribution < 1.29 is 9.13 Å². The van der Waals surface area contributed by atoms with Crippen LogP contribution in [0.1, 0.15) is 5.56 Å². The maximum atomic E-state index is 13.7. The van der Waals surface area contributed by atoms with Crippen molar-refractivity contribution in [3.8, 4) is 30.1 Å². The molecule has 82 valence electrons. The highest BCUT2D eigenvalue weighted by molar-refractivity contribution is 5.85. The summed E-state index contributed by atoms with van der Waals surface area (Å²) in [4.78, 5) is 0. The molecule has 0 saturated heterocycles. The van der Waals surface area contributed by atoms with Gasteiger partial charge in [-0.2, -0.15) is 0 Å². The Bertz CT molecular complexity index is 669. The van der Waals surface area contributed by atoms with E-state index in [2.05, 4.69) is 17.9 Å². The highest BCUT2D eigenvalue weighted by atomic mass is 19.1. The second-order valence-corrected chi connectivity index (χ2v) is 3.55. The number of fused-ring (bicyclic) bond motifs is 1. The minimum atomic E-state index is -0.205. The fraction of sp³-hybridized carbons (Fsp3) is 0.0667. The third-order valence-electron chi connectivity index (χ3n) is 2.41. The van der Waals surface area contributed by atoms with Crippen molar-refractivity contribution in [3.63, 3.8) is 0 Å². The maximum absolute atomic E-state index is 13.7. The first kappa shape index (κ1) is 11.0. The van der Waals surface area contributed by atoms with E-state index in [4.69, 9.17) is 11.2 Å². The molecule has 0 aliphatic heterocycles. The van der Waals surface area contributed by atoms with Gasteiger partial charge in [-0.25, -0.2) is 4.39 Å². The van der Waals surface area contributed by atoms with E-state index in [0.29, 0.717) is 16.7 Å². The largest absolute Gasteiger partial charge is 0.407 e. The van der Waals surface area contributed by atoms with Crippen LogP contribution in [0.4, 0.5) is 4.39 Å². The molecule has 0 radical (unpaired) electrons. The number of benzene rings is 2. The molecule has 2 rings (SSSR count). The molecule has 2 aromatic rings. The van der Waals surface area contributed by atoms with Gasteiger partial charge in [0.1, 0.15) is 17.7 Å². The van der Waals surface area contributed by atoms with Crippen LogP contribution >= 0.6 is 0 Å². The second kappa shape index (κ2) is 4.60. The van der Waals surface area contributed by atoms with E-state index >= 15 is 0 Å². The molecule has 2 aromatic carbocycles. The van der Waals surface area contributed by atoms with E-state index in [-0.39, 0.29) is 5.82 Å². The Balaban J connectivity index is 2.46. The third kappa shape index (κ3) is 2.22. The fourth-order valence-electron chi connectivity index (χ4n) is 1.56. The molecule has 0 atom stereocenters. The molecular formula is C15H9FO. The normalized spacial score (nSPS) is 9.24. The number of rotatable bonds is 1. The lowest BCUT2D eigenvalue weighted by molar-refractivity contribution is 0.521. The van der Waals surface area contributed by atoms with Crippen LogP contribution in [0.15, 0.2) is 30.3 Å². The standard InChI is InChI=1S/C15H9FO/c1-3-4-9-17-13-7-8-14-12(10-13)6-5-11(2)15(14)16/h1,5-8,10H,2H3. The fourth-order valence-corrected chi connectivity index (χ4v) is 1.56. The molecule has 0 spiro atoms. The van der Waals surface area contributed by atoms with Gasteiger partial charge in [0.2, 0.25) is 0 Å². The molecule has 17 heavy (non-hydrogen) atoms. The summed E-state index contributed by atoms with van der Waals surface area (Å²) < 4.78 is 18.8. The average Bonchev–Trinajstić information content (AvgIpc) is 2.34. The van der Waals surface area contributed by atoms with Crippen molar-refractivity contribution in [1.82, 2.24) is 0 Å². The molecule has 0 amide bonds. The summed E-state index contributed by atoms with van der Waals surface area (Å²) in [6.45, 7) is 1.73. The van der Waals surface area contributed by atoms with Crippen molar-refractivity contribution in [2.75, 3.05) is 0 Å². The zero-order valence-corrected chi connectivity index (χ0v) is 9.25. The van der Waals surface area contributed by atoms with Crippen LogP contribution in [0.2, 0.25) is 0 Å². The van der Waals surface area contributed by atoms with Gasteiger partial charge >= 0.3 is 0 Å². The average molecular weight is 224 g/mol. The van der Waals surface area contributed by atoms with E-state index in [9.17, 15) is 4.39 Å². The molecule has 0 bridgehead atoms. The highest BCUT2D eigenvalue weighted by Crippen LogP contribution is 2.24. The van der Waals surface area contributed by atoms with E-state index < -0.39 is 0 Å². The first-order chi connectivity index (χ1) is 8.22. The molecule has 0 aliphatic rings. The quantitative estimate of drug-likeness (QED) is 0.675. The van der Waals surface area contributed by atoms with Crippen LogP contribution in [0, 0.1) is 37.1 Å². The Morgan fingerprint density at radius 1 is 1.24 bits per heavy atom. The molecule has 0 unspecified atom stereocenters. The lowest BCUT2D eigenvalue weighted by Crippen LogP contribution is -1.87. The predicted octanol–water partition coefficient (Wildman–Crippen LogP) is 3.26. The van der Waals surface area contributed by atoms with Crippen molar-refractivity contribution in [1.29, 1.82) is 0 Å². The Kier molecular flexibility index (Phi) is 2.99. The van der Waals surface area contributed by atoms with Gasteiger partial charge in [-0.05, 0) is 42.0 Å². The van der Waals surface area contributed by atoms with Crippen LogP contribution in [0.3, 0.4) is 0 Å². The smallest absolute Gasteiger partial charge is 0.140 e. The molecule has 0 N–H and O–H groups in total. The molecule has 0 saturated carbocycles. The van der Waals surface area contributed by atoms with Crippen molar-refractivity contribution in [2.45, 2.75) is 6.92 Å². The molecule has 0 aliphatic carbocycles. The summed E-state index contributed by atoms with van der Waals surface area (Å²) in [5.74, 6) is 4.83.